The van der Waals surface area contributed by atoms with E-state index in [9.17, 15) is 17.6 Å². The molecular formula is C15H15ClF4N6O3S2. The van der Waals surface area contributed by atoms with Gasteiger partial charge in [0.05, 0.1) is 43.5 Å². The van der Waals surface area contributed by atoms with Gasteiger partial charge in [0, 0.05) is 0 Å². The maximum atomic E-state index is 13.6. The Hall–Kier alpha value is -2.78. The fourth-order valence-electron chi connectivity index (χ4n) is 1.84. The van der Waals surface area contributed by atoms with Crippen molar-refractivity contribution in [3.8, 4) is 27.0 Å². The van der Waals surface area contributed by atoms with E-state index in [0.717, 1.165) is 18.4 Å². The number of aromatic nitrogens is 4. The first-order valence-electron chi connectivity index (χ1n) is 7.63. The molecule has 0 spiro atoms. The summed E-state index contributed by atoms with van der Waals surface area (Å²) in [6, 6.07) is 0. The average Bonchev–Trinajstić information content (AvgIpc) is 3.36. The van der Waals surface area contributed by atoms with Gasteiger partial charge >= 0.3 is 6.18 Å². The molecular weight excluding hydrogens is 488 g/mol. The number of nitrogens with two attached hydrogens (primary N) is 1. The minimum Gasteiger partial charge on any atom is -0.480 e. The van der Waals surface area contributed by atoms with Crippen LogP contribution in [0.3, 0.4) is 0 Å². The van der Waals surface area contributed by atoms with Crippen molar-refractivity contribution in [2.45, 2.75) is 6.18 Å². The number of ether oxygens (including phenoxy) is 3. The van der Waals surface area contributed by atoms with E-state index < -0.39 is 23.6 Å². The van der Waals surface area contributed by atoms with Crippen molar-refractivity contribution in [2.24, 2.45) is 5.73 Å². The molecule has 0 aromatic carbocycles. The van der Waals surface area contributed by atoms with Crippen LogP contribution in [0.15, 0.2) is 12.4 Å². The molecule has 3 aromatic heterocycles. The number of hydrogen-bond acceptors (Lipinski definition) is 10. The fourth-order valence-corrected chi connectivity index (χ4v) is 3.10. The van der Waals surface area contributed by atoms with Gasteiger partial charge in [0.25, 0.3) is 10.4 Å². The number of hydrogen-bond donors (Lipinski definition) is 2. The number of amidine groups is 1. The molecule has 170 valence electrons. The van der Waals surface area contributed by atoms with Crippen molar-refractivity contribution in [3.05, 3.63) is 28.8 Å². The van der Waals surface area contributed by atoms with Crippen LogP contribution in [0.2, 0.25) is 0 Å². The SMILES string of the molecule is COc1ncc(-c2nc(F)c(C(F)(F)F)c(OC)n2)s1.COc1ncc(C(=N)N)s1.Cl. The van der Waals surface area contributed by atoms with Gasteiger partial charge in [-0.15, -0.1) is 12.4 Å². The van der Waals surface area contributed by atoms with E-state index in [4.69, 9.17) is 20.6 Å². The van der Waals surface area contributed by atoms with Gasteiger partial charge < -0.3 is 19.9 Å². The summed E-state index contributed by atoms with van der Waals surface area (Å²) in [6.45, 7) is 0. The van der Waals surface area contributed by atoms with Crippen LogP contribution in [0.5, 0.6) is 16.3 Å². The Morgan fingerprint density at radius 3 is 2.00 bits per heavy atom. The fraction of sp³-hybridized carbons (Fsp3) is 0.267. The minimum absolute atomic E-state index is 0. The third-order valence-electron chi connectivity index (χ3n) is 3.11. The first kappa shape index (κ1) is 26.3. The van der Waals surface area contributed by atoms with Gasteiger partial charge in [-0.25, -0.2) is 9.97 Å². The van der Waals surface area contributed by atoms with Crippen LogP contribution in [-0.2, 0) is 6.18 Å². The molecule has 0 fully saturated rings. The van der Waals surface area contributed by atoms with Crippen LogP contribution >= 0.6 is 35.1 Å². The second kappa shape index (κ2) is 11.0. The highest BCUT2D eigenvalue weighted by Gasteiger charge is 2.40. The second-order valence-corrected chi connectivity index (χ2v) is 7.01. The van der Waals surface area contributed by atoms with Crippen molar-refractivity contribution < 1.29 is 31.8 Å². The Bertz CT molecular complexity index is 1030. The number of rotatable bonds is 5. The molecule has 0 saturated carbocycles. The average molecular weight is 503 g/mol. The summed E-state index contributed by atoms with van der Waals surface area (Å²) >= 11 is 2.22. The van der Waals surface area contributed by atoms with E-state index in [1.807, 2.05) is 0 Å². The lowest BCUT2D eigenvalue weighted by atomic mass is 10.3. The number of nitrogen functional groups attached to an aromatic ring is 1. The third kappa shape index (κ3) is 6.60. The molecule has 31 heavy (non-hydrogen) atoms. The zero-order valence-corrected chi connectivity index (χ0v) is 18.4. The summed E-state index contributed by atoms with van der Waals surface area (Å²) in [7, 11) is 3.87. The highest BCUT2D eigenvalue weighted by atomic mass is 35.5. The molecule has 16 heteroatoms. The first-order chi connectivity index (χ1) is 14.1. The number of alkyl halides is 3. The summed E-state index contributed by atoms with van der Waals surface area (Å²) in [5, 5.41) is 7.80. The number of nitrogens with one attached hydrogen (secondary N) is 1. The van der Waals surface area contributed by atoms with E-state index >= 15 is 0 Å². The number of methoxy groups -OCH3 is 3. The molecule has 3 heterocycles. The zero-order valence-electron chi connectivity index (χ0n) is 16.0. The lowest BCUT2D eigenvalue weighted by Gasteiger charge is -2.11. The van der Waals surface area contributed by atoms with E-state index in [1.54, 1.807) is 0 Å². The zero-order chi connectivity index (χ0) is 22.5. The van der Waals surface area contributed by atoms with Gasteiger partial charge in [0.2, 0.25) is 11.8 Å². The second-order valence-electron chi connectivity index (χ2n) is 5.02. The molecule has 0 atom stereocenters. The lowest BCUT2D eigenvalue weighted by molar-refractivity contribution is -0.142. The van der Waals surface area contributed by atoms with Crippen LogP contribution in [0.4, 0.5) is 17.6 Å². The van der Waals surface area contributed by atoms with Gasteiger partial charge in [0.1, 0.15) is 5.84 Å². The topological polar surface area (TPSA) is 129 Å². The van der Waals surface area contributed by atoms with Gasteiger partial charge in [-0.2, -0.15) is 27.5 Å². The van der Waals surface area contributed by atoms with Crippen LogP contribution in [0.1, 0.15) is 10.4 Å². The Morgan fingerprint density at radius 2 is 1.58 bits per heavy atom. The molecule has 0 aliphatic heterocycles. The van der Waals surface area contributed by atoms with E-state index in [2.05, 4.69) is 24.7 Å². The van der Waals surface area contributed by atoms with Crippen LogP contribution in [0, 0.1) is 11.4 Å². The van der Waals surface area contributed by atoms with Crippen LogP contribution in [0.25, 0.3) is 10.7 Å². The Balaban J connectivity index is 0.000000370. The van der Waals surface area contributed by atoms with Crippen LogP contribution in [-0.4, -0.2) is 47.1 Å². The predicted molar refractivity (Wildman–Crippen MR) is 108 cm³/mol. The number of nitrogens with zero attached hydrogens (tertiary/aromatic N) is 4. The maximum Gasteiger partial charge on any atom is 0.426 e. The van der Waals surface area contributed by atoms with E-state index in [1.165, 1.54) is 38.0 Å². The highest BCUT2D eigenvalue weighted by Crippen LogP contribution is 2.38. The number of halogens is 5. The van der Waals surface area contributed by atoms with E-state index in [0.29, 0.717) is 10.1 Å². The molecule has 3 N–H and O–H groups in total. The normalized spacial score (nSPS) is 10.4. The standard InChI is InChI=1S/C10H7F4N3O2S.C5H7N3OS.ClH/c1-18-8-5(10(12,13)14)6(11)16-7(17-8)4-3-15-9(19-2)20-4;1-9-5-8-2-3(10-5)4(6)7;/h3H,1-2H3;2H,1H3,(H3,6,7);1H. The molecule has 0 bridgehead atoms. The molecule has 0 saturated heterocycles. The van der Waals surface area contributed by atoms with E-state index in [-0.39, 0.29) is 34.1 Å². The maximum absolute atomic E-state index is 13.6. The van der Waals surface area contributed by atoms with Gasteiger partial charge in [0.15, 0.2) is 11.4 Å². The van der Waals surface area contributed by atoms with Crippen molar-refractivity contribution in [2.75, 3.05) is 21.3 Å². The Morgan fingerprint density at radius 1 is 1.00 bits per heavy atom. The Labute approximate surface area is 187 Å². The summed E-state index contributed by atoms with van der Waals surface area (Å²) in [5.41, 5.74) is 3.54. The monoisotopic (exact) mass is 502 g/mol. The van der Waals surface area contributed by atoms with Crippen molar-refractivity contribution >= 4 is 40.9 Å². The minimum atomic E-state index is -4.95. The summed E-state index contributed by atoms with van der Waals surface area (Å²) in [6.07, 6.45) is -2.16. The molecule has 3 aromatic rings. The van der Waals surface area contributed by atoms with Crippen molar-refractivity contribution in [1.82, 2.24) is 19.9 Å². The summed E-state index contributed by atoms with van der Waals surface area (Å²) in [4.78, 5) is 15.3. The smallest absolute Gasteiger partial charge is 0.426 e. The third-order valence-corrected chi connectivity index (χ3v) is 5.06. The molecule has 3 rings (SSSR count). The van der Waals surface area contributed by atoms with Gasteiger partial charge in [-0.1, -0.05) is 22.7 Å². The molecule has 0 radical (unpaired) electrons. The highest BCUT2D eigenvalue weighted by molar-refractivity contribution is 7.16. The quantitative estimate of drug-likeness (QED) is 0.234. The molecule has 0 amide bonds. The summed E-state index contributed by atoms with van der Waals surface area (Å²) in [5.74, 6) is -2.81. The van der Waals surface area contributed by atoms with Gasteiger partial charge in [-0.3, -0.25) is 5.41 Å². The van der Waals surface area contributed by atoms with Crippen LogP contribution < -0.4 is 19.9 Å². The number of thiazole rings is 2. The summed E-state index contributed by atoms with van der Waals surface area (Å²) < 4.78 is 65.7. The molecule has 0 aliphatic carbocycles. The lowest BCUT2D eigenvalue weighted by Crippen LogP contribution is -2.14. The molecule has 9 nitrogen and oxygen atoms in total. The predicted octanol–water partition coefficient (Wildman–Crippen LogP) is 3.63. The van der Waals surface area contributed by atoms with Crippen molar-refractivity contribution in [3.63, 3.8) is 0 Å². The van der Waals surface area contributed by atoms with Gasteiger partial charge in [-0.05, 0) is 0 Å². The molecule has 0 aliphatic rings. The van der Waals surface area contributed by atoms with Crippen molar-refractivity contribution in [1.29, 1.82) is 5.41 Å². The first-order valence-corrected chi connectivity index (χ1v) is 9.27. The Kier molecular flexibility index (Phi) is 9.33. The largest absolute Gasteiger partial charge is 0.480 e. The molecule has 0 unspecified atom stereocenters.